The molecule has 0 amide bonds. The van der Waals surface area contributed by atoms with Crippen molar-refractivity contribution in [1.82, 2.24) is 15.0 Å². The second-order valence-electron chi connectivity index (χ2n) is 4.50. The normalized spacial score (nSPS) is 14.7. The van der Waals surface area contributed by atoms with E-state index in [4.69, 9.17) is 0 Å². The highest BCUT2D eigenvalue weighted by Crippen LogP contribution is 2.26. The van der Waals surface area contributed by atoms with Gasteiger partial charge in [0.25, 0.3) is 0 Å². The van der Waals surface area contributed by atoms with Crippen LogP contribution in [0.1, 0.15) is 40.2 Å². The van der Waals surface area contributed by atoms with E-state index in [1.807, 2.05) is 10.9 Å². The molecule has 0 saturated carbocycles. The first kappa shape index (κ1) is 9.23. The summed E-state index contributed by atoms with van der Waals surface area (Å²) in [5.41, 5.74) is 0.353. The molecule has 68 valence electrons. The van der Waals surface area contributed by atoms with Crippen LogP contribution in [0.4, 0.5) is 0 Å². The Hall–Kier alpha value is -0.860. The lowest BCUT2D eigenvalue weighted by Gasteiger charge is -2.22. The van der Waals surface area contributed by atoms with Crippen LogP contribution >= 0.6 is 0 Å². The molecule has 12 heavy (non-hydrogen) atoms. The van der Waals surface area contributed by atoms with Crippen LogP contribution in [-0.2, 0) is 0 Å². The van der Waals surface area contributed by atoms with Crippen molar-refractivity contribution in [2.45, 2.75) is 40.2 Å². The maximum absolute atomic E-state index is 3.97. The SMILES string of the molecule is CC(CC(C)(C)C)n1ccnn1. The second-order valence-corrected chi connectivity index (χ2v) is 4.50. The van der Waals surface area contributed by atoms with E-state index < -0.39 is 0 Å². The van der Waals surface area contributed by atoms with Crippen molar-refractivity contribution in [3.8, 4) is 0 Å². The minimum atomic E-state index is 0.353. The predicted molar refractivity (Wildman–Crippen MR) is 48.8 cm³/mol. The van der Waals surface area contributed by atoms with Crippen LogP contribution in [0.3, 0.4) is 0 Å². The van der Waals surface area contributed by atoms with E-state index in [2.05, 4.69) is 38.0 Å². The molecule has 0 N–H and O–H groups in total. The molecular formula is C9H17N3. The molecule has 0 bridgehead atoms. The fraction of sp³-hybridized carbons (Fsp3) is 0.778. The van der Waals surface area contributed by atoms with Crippen molar-refractivity contribution in [1.29, 1.82) is 0 Å². The Morgan fingerprint density at radius 3 is 2.50 bits per heavy atom. The van der Waals surface area contributed by atoms with Gasteiger partial charge in [0.15, 0.2) is 0 Å². The highest BCUT2D eigenvalue weighted by atomic mass is 15.4. The maximum Gasteiger partial charge on any atom is 0.0693 e. The highest BCUT2D eigenvalue weighted by molar-refractivity contribution is 4.74. The number of nitrogens with zero attached hydrogens (tertiary/aromatic N) is 3. The minimum absolute atomic E-state index is 0.353. The van der Waals surface area contributed by atoms with Gasteiger partial charge in [0, 0.05) is 6.20 Å². The summed E-state index contributed by atoms with van der Waals surface area (Å²) in [6, 6.07) is 0.437. The Bertz CT molecular complexity index is 220. The monoisotopic (exact) mass is 167 g/mol. The number of hydrogen-bond acceptors (Lipinski definition) is 2. The van der Waals surface area contributed by atoms with Gasteiger partial charge in [-0.2, -0.15) is 0 Å². The van der Waals surface area contributed by atoms with Gasteiger partial charge in [-0.15, -0.1) is 5.10 Å². The van der Waals surface area contributed by atoms with Crippen molar-refractivity contribution < 1.29 is 0 Å². The summed E-state index contributed by atoms with van der Waals surface area (Å²) >= 11 is 0. The van der Waals surface area contributed by atoms with E-state index >= 15 is 0 Å². The lowest BCUT2D eigenvalue weighted by atomic mass is 9.89. The van der Waals surface area contributed by atoms with Gasteiger partial charge in [-0.05, 0) is 18.8 Å². The summed E-state index contributed by atoms with van der Waals surface area (Å²) < 4.78 is 1.91. The fourth-order valence-corrected chi connectivity index (χ4v) is 1.43. The third-order valence-electron chi connectivity index (χ3n) is 1.80. The lowest BCUT2D eigenvalue weighted by molar-refractivity contribution is 0.290. The summed E-state index contributed by atoms with van der Waals surface area (Å²) in [5, 5.41) is 7.75. The van der Waals surface area contributed by atoms with Crippen LogP contribution in [0.25, 0.3) is 0 Å². The molecule has 0 aromatic carbocycles. The standard InChI is InChI=1S/C9H17N3/c1-8(7-9(2,3)4)12-6-5-10-11-12/h5-6,8H,7H2,1-4H3. The molecule has 1 aromatic rings. The molecule has 0 radical (unpaired) electrons. The Labute approximate surface area is 73.8 Å². The quantitative estimate of drug-likeness (QED) is 0.676. The van der Waals surface area contributed by atoms with E-state index in [1.54, 1.807) is 6.20 Å². The van der Waals surface area contributed by atoms with Crippen LogP contribution in [0.5, 0.6) is 0 Å². The first-order chi connectivity index (χ1) is 5.49. The van der Waals surface area contributed by atoms with Crippen LogP contribution in [0.2, 0.25) is 0 Å². The fourth-order valence-electron chi connectivity index (χ4n) is 1.43. The van der Waals surface area contributed by atoms with Crippen LogP contribution in [-0.4, -0.2) is 15.0 Å². The molecule has 1 unspecified atom stereocenters. The average Bonchev–Trinajstić information content (AvgIpc) is 2.32. The zero-order valence-corrected chi connectivity index (χ0v) is 8.28. The zero-order chi connectivity index (χ0) is 9.19. The topological polar surface area (TPSA) is 30.7 Å². The molecule has 1 rings (SSSR count). The van der Waals surface area contributed by atoms with Crippen LogP contribution < -0.4 is 0 Å². The number of aromatic nitrogens is 3. The van der Waals surface area contributed by atoms with E-state index in [9.17, 15) is 0 Å². The van der Waals surface area contributed by atoms with Gasteiger partial charge < -0.3 is 0 Å². The summed E-state index contributed by atoms with van der Waals surface area (Å²) in [4.78, 5) is 0. The molecule has 0 aliphatic heterocycles. The molecule has 3 nitrogen and oxygen atoms in total. The van der Waals surface area contributed by atoms with Crippen molar-refractivity contribution in [3.05, 3.63) is 12.4 Å². The van der Waals surface area contributed by atoms with Gasteiger partial charge in [-0.3, -0.25) is 0 Å². The molecule has 3 heteroatoms. The summed E-state index contributed by atoms with van der Waals surface area (Å²) in [7, 11) is 0. The second kappa shape index (κ2) is 3.25. The van der Waals surface area contributed by atoms with Crippen molar-refractivity contribution in [3.63, 3.8) is 0 Å². The lowest BCUT2D eigenvalue weighted by Crippen LogP contribution is -2.15. The van der Waals surface area contributed by atoms with E-state index in [-0.39, 0.29) is 0 Å². The Morgan fingerprint density at radius 1 is 1.42 bits per heavy atom. The van der Waals surface area contributed by atoms with E-state index in [1.165, 1.54) is 0 Å². The Balaban J connectivity index is 2.56. The minimum Gasteiger partial charge on any atom is -0.250 e. The first-order valence-corrected chi connectivity index (χ1v) is 4.35. The molecule has 1 aromatic heterocycles. The van der Waals surface area contributed by atoms with Gasteiger partial charge in [0.05, 0.1) is 12.2 Å². The largest absolute Gasteiger partial charge is 0.250 e. The molecule has 1 atom stereocenters. The van der Waals surface area contributed by atoms with E-state index in [0.29, 0.717) is 11.5 Å². The Kier molecular flexibility index (Phi) is 2.50. The van der Waals surface area contributed by atoms with Gasteiger partial charge in [-0.25, -0.2) is 4.68 Å². The van der Waals surface area contributed by atoms with Gasteiger partial charge in [0.2, 0.25) is 0 Å². The molecule has 1 heterocycles. The molecule has 0 fully saturated rings. The number of rotatable bonds is 2. The van der Waals surface area contributed by atoms with Gasteiger partial charge >= 0.3 is 0 Å². The maximum atomic E-state index is 3.97. The summed E-state index contributed by atoms with van der Waals surface area (Å²) in [6.07, 6.45) is 4.76. The van der Waals surface area contributed by atoms with Crippen molar-refractivity contribution >= 4 is 0 Å². The molecular weight excluding hydrogens is 150 g/mol. The van der Waals surface area contributed by atoms with Gasteiger partial charge in [0.1, 0.15) is 0 Å². The van der Waals surface area contributed by atoms with Crippen molar-refractivity contribution in [2.75, 3.05) is 0 Å². The average molecular weight is 167 g/mol. The van der Waals surface area contributed by atoms with Gasteiger partial charge in [-0.1, -0.05) is 26.0 Å². The predicted octanol–water partition coefficient (Wildman–Crippen LogP) is 2.28. The third kappa shape index (κ3) is 2.64. The first-order valence-electron chi connectivity index (χ1n) is 4.35. The number of hydrogen-bond donors (Lipinski definition) is 0. The summed E-state index contributed by atoms with van der Waals surface area (Å²) in [6.45, 7) is 8.88. The van der Waals surface area contributed by atoms with Crippen LogP contribution in [0, 0.1) is 5.41 Å². The van der Waals surface area contributed by atoms with Crippen LogP contribution in [0.15, 0.2) is 12.4 Å². The molecule has 0 spiro atoms. The van der Waals surface area contributed by atoms with Crippen molar-refractivity contribution in [2.24, 2.45) is 5.41 Å². The molecule has 0 aliphatic carbocycles. The van der Waals surface area contributed by atoms with E-state index in [0.717, 1.165) is 6.42 Å². The summed E-state index contributed by atoms with van der Waals surface area (Å²) in [5.74, 6) is 0. The smallest absolute Gasteiger partial charge is 0.0693 e. The third-order valence-corrected chi connectivity index (χ3v) is 1.80. The molecule has 0 saturated heterocycles. The molecule has 0 aliphatic rings. The highest BCUT2D eigenvalue weighted by Gasteiger charge is 2.16. The Morgan fingerprint density at radius 2 is 2.08 bits per heavy atom. The zero-order valence-electron chi connectivity index (χ0n) is 8.28.